The van der Waals surface area contributed by atoms with E-state index in [2.05, 4.69) is 66.9 Å². The number of hydrazine groups is 1. The molecule has 5 atom stereocenters. The van der Waals surface area contributed by atoms with Crippen LogP contribution < -0.4 is 10.7 Å². The maximum Gasteiger partial charge on any atom is 0.324 e. The van der Waals surface area contributed by atoms with Crippen molar-refractivity contribution >= 4 is 46.1 Å². The van der Waals surface area contributed by atoms with Crippen molar-refractivity contribution in [2.75, 3.05) is 41.4 Å². The molecule has 59 heavy (non-hydrogen) atoms. The van der Waals surface area contributed by atoms with Crippen molar-refractivity contribution in [2.24, 2.45) is 17.3 Å². The number of aryl methyl sites for hydroxylation is 1. The fourth-order valence-corrected chi connectivity index (χ4v) is 10.0. The van der Waals surface area contributed by atoms with Crippen molar-refractivity contribution in [3.05, 3.63) is 70.4 Å². The molecule has 1 fully saturated rings. The van der Waals surface area contributed by atoms with E-state index in [-0.39, 0.29) is 42.5 Å². The first-order valence-corrected chi connectivity index (χ1v) is 21.2. The Labute approximate surface area is 349 Å². The lowest BCUT2D eigenvalue weighted by atomic mass is 9.67. The first-order valence-electron chi connectivity index (χ1n) is 20.3. The third kappa shape index (κ3) is 7.64. The van der Waals surface area contributed by atoms with E-state index in [0.717, 1.165) is 51.2 Å². The summed E-state index contributed by atoms with van der Waals surface area (Å²) in [6.45, 7) is 15.4. The van der Waals surface area contributed by atoms with Crippen LogP contribution in [-0.2, 0) is 36.8 Å². The predicted octanol–water partition coefficient (Wildman–Crippen LogP) is 6.14. The number of urea groups is 1. The van der Waals surface area contributed by atoms with Gasteiger partial charge in [-0.1, -0.05) is 40.3 Å². The zero-order valence-electron chi connectivity index (χ0n) is 35.5. The van der Waals surface area contributed by atoms with Crippen LogP contribution >= 0.6 is 11.3 Å². The van der Waals surface area contributed by atoms with Gasteiger partial charge in [0.25, 0.3) is 0 Å². The van der Waals surface area contributed by atoms with E-state index in [1.165, 1.54) is 26.1 Å². The Morgan fingerprint density at radius 2 is 1.95 bits per heavy atom. The molecule has 3 aliphatic rings. The molecule has 1 aromatic carbocycles. The number of hydrogen-bond donors (Lipinski definition) is 2. The molecule has 0 saturated carbocycles. The van der Waals surface area contributed by atoms with E-state index in [0.29, 0.717) is 24.4 Å². The molecule has 15 heteroatoms. The number of methoxy groups -OCH3 is 1. The largest absolute Gasteiger partial charge is 0.464 e. The maximum atomic E-state index is 14.6. The minimum atomic E-state index is -0.936. The number of thiazole rings is 1. The number of hydrogen-bond acceptors (Lipinski definition) is 10. The van der Waals surface area contributed by atoms with Crippen molar-refractivity contribution in [3.8, 4) is 22.5 Å². The van der Waals surface area contributed by atoms with Crippen LogP contribution in [0.15, 0.2) is 54.2 Å². The van der Waals surface area contributed by atoms with Crippen LogP contribution in [0, 0.1) is 17.3 Å². The predicted molar refractivity (Wildman–Crippen MR) is 227 cm³/mol. The number of nitrogens with zero attached hydrogens (tertiary/aromatic N) is 6. The molecule has 1 saturated heterocycles. The lowest BCUT2D eigenvalue weighted by Crippen LogP contribution is -2.58. The number of cyclic esters (lactones) is 1. The van der Waals surface area contributed by atoms with Crippen molar-refractivity contribution < 1.29 is 28.7 Å². The number of ether oxygens (including phenoxy) is 2. The highest BCUT2D eigenvalue weighted by Gasteiger charge is 2.48. The first kappa shape index (κ1) is 42.0. The van der Waals surface area contributed by atoms with Gasteiger partial charge >= 0.3 is 12.0 Å². The van der Waals surface area contributed by atoms with Crippen LogP contribution in [-0.4, -0.2) is 107 Å². The molecule has 5 heterocycles. The molecule has 314 valence electrons. The van der Waals surface area contributed by atoms with Gasteiger partial charge in [-0.2, -0.15) is 0 Å². The lowest BCUT2D eigenvalue weighted by Gasteiger charge is -2.42. The van der Waals surface area contributed by atoms with Gasteiger partial charge in [0.15, 0.2) is 0 Å². The minimum absolute atomic E-state index is 0.0886. The summed E-state index contributed by atoms with van der Waals surface area (Å²) in [5.74, 6) is -2.69. The molecule has 2 aliphatic heterocycles. The molecule has 1 aliphatic carbocycles. The van der Waals surface area contributed by atoms with Crippen LogP contribution in [0.2, 0.25) is 0 Å². The molecule has 4 aromatic rings. The Hall–Kier alpha value is -5.12. The zero-order chi connectivity index (χ0) is 42.5. The third-order valence-electron chi connectivity index (χ3n) is 12.0. The van der Waals surface area contributed by atoms with E-state index < -0.39 is 41.4 Å². The van der Waals surface area contributed by atoms with E-state index >= 15 is 0 Å². The van der Waals surface area contributed by atoms with E-state index in [1.54, 1.807) is 34.4 Å². The van der Waals surface area contributed by atoms with E-state index in [9.17, 15) is 19.2 Å². The quantitative estimate of drug-likeness (QED) is 0.210. The summed E-state index contributed by atoms with van der Waals surface area (Å²) in [7, 11) is 6.55. The van der Waals surface area contributed by atoms with Crippen LogP contribution in [0.4, 0.5) is 4.79 Å². The van der Waals surface area contributed by atoms with Gasteiger partial charge in [0, 0.05) is 98.4 Å². The van der Waals surface area contributed by atoms with Gasteiger partial charge in [-0.05, 0) is 55.5 Å². The first-order chi connectivity index (χ1) is 28.1. The smallest absolute Gasteiger partial charge is 0.324 e. The van der Waals surface area contributed by atoms with Gasteiger partial charge in [0.2, 0.25) is 11.8 Å². The molecule has 2 N–H and O–H groups in total. The molecule has 0 radical (unpaired) electrons. The number of fused-ring (bicyclic) bond motifs is 8. The number of likely N-dealkylation sites (N-methyl/N-ethyl adjacent to an activating group) is 1. The number of aromatic nitrogens is 3. The van der Waals surface area contributed by atoms with E-state index in [1.807, 2.05) is 25.3 Å². The maximum absolute atomic E-state index is 14.6. The van der Waals surface area contributed by atoms with Crippen molar-refractivity contribution in [1.29, 1.82) is 0 Å². The van der Waals surface area contributed by atoms with Crippen molar-refractivity contribution in [1.82, 2.24) is 40.1 Å². The molecular formula is C44H56N8O6S. The highest BCUT2D eigenvalue weighted by molar-refractivity contribution is 7.10. The molecule has 4 amide bonds. The van der Waals surface area contributed by atoms with Gasteiger partial charge in [-0.15, -0.1) is 11.3 Å². The lowest BCUT2D eigenvalue weighted by molar-refractivity contribution is -0.156. The Kier molecular flexibility index (Phi) is 11.8. The SMILES string of the molecule is C=C(NC(=O)[C@H](C(C)C)N(C)C(=O)N(C)C)[C@H]1Cc2nc(cs2)-c2ccc3c(c2)c2c(n3CC)-c3cccnc3[C@@H](OC)C2C(C)(C)COC(=O)[C@@H]2CCCN(N2)C1=O. The molecular weight excluding hydrogens is 769 g/mol. The highest BCUT2D eigenvalue weighted by atomic mass is 32.1. The van der Waals surface area contributed by atoms with Crippen LogP contribution in [0.5, 0.6) is 0 Å². The van der Waals surface area contributed by atoms with Gasteiger partial charge < -0.3 is 29.2 Å². The zero-order valence-corrected chi connectivity index (χ0v) is 36.3. The summed E-state index contributed by atoms with van der Waals surface area (Å²) in [6.07, 6.45) is 2.56. The standard InChI is InChI=1S/C44H56N8O6S/c1-11-51-32-17-16-26-20-29(32)34-35(39(57-10)36-27(38(34)51)14-12-18-45-36)44(5,6)23-58-42(55)30-15-13-19-52(48-30)41(54)28(21-33-47-31(26)22-59-33)25(4)46-40(53)37(24(2)3)50(9)43(56)49(7)8/h12,14,16-18,20,22,24,28,30,35,37,39,48H,4,11,13,15,19,21,23H2,1-3,5-10H3,(H,46,53)/t28-,30+,35?,37+,39+/m1/s1. The number of carbonyl (C=O) groups is 4. The summed E-state index contributed by atoms with van der Waals surface area (Å²) >= 11 is 1.43. The molecule has 3 aromatic heterocycles. The Morgan fingerprint density at radius 1 is 1.19 bits per heavy atom. The number of esters is 1. The Morgan fingerprint density at radius 3 is 2.64 bits per heavy atom. The Balaban J connectivity index is 1.33. The normalized spacial score (nSPS) is 22.0. The molecule has 0 spiro atoms. The van der Waals surface area contributed by atoms with Gasteiger partial charge in [0.1, 0.15) is 18.2 Å². The molecule has 6 bridgehead atoms. The van der Waals surface area contributed by atoms with E-state index in [4.69, 9.17) is 19.4 Å². The summed E-state index contributed by atoms with van der Waals surface area (Å²) in [6, 6.07) is 8.53. The summed E-state index contributed by atoms with van der Waals surface area (Å²) in [4.78, 5) is 68.1. The topological polar surface area (TPSA) is 151 Å². The van der Waals surface area contributed by atoms with Gasteiger partial charge in [-0.3, -0.25) is 24.4 Å². The molecule has 1 unspecified atom stereocenters. The third-order valence-corrected chi connectivity index (χ3v) is 12.9. The fraction of sp³-hybridized carbons (Fsp3) is 0.500. The monoisotopic (exact) mass is 824 g/mol. The number of rotatable bonds is 7. The second-order valence-electron chi connectivity index (χ2n) is 17.1. The summed E-state index contributed by atoms with van der Waals surface area (Å²) < 4.78 is 14.9. The number of pyridine rings is 1. The van der Waals surface area contributed by atoms with Crippen LogP contribution in [0.3, 0.4) is 0 Å². The number of nitrogens with one attached hydrogen (secondary N) is 2. The van der Waals surface area contributed by atoms with Crippen LogP contribution in [0.1, 0.15) is 75.7 Å². The van der Waals surface area contributed by atoms with Crippen molar-refractivity contribution in [3.63, 3.8) is 0 Å². The minimum Gasteiger partial charge on any atom is -0.464 e. The number of benzene rings is 1. The number of amides is 4. The highest BCUT2D eigenvalue weighted by Crippen LogP contribution is 2.57. The molecule has 7 rings (SSSR count). The summed E-state index contributed by atoms with van der Waals surface area (Å²) in [5.41, 5.74) is 9.51. The average Bonchev–Trinajstić information content (AvgIpc) is 3.82. The Bertz CT molecular complexity index is 2300. The van der Waals surface area contributed by atoms with Gasteiger partial charge in [0.05, 0.1) is 34.6 Å². The molecule has 14 nitrogen and oxygen atoms in total. The number of carbonyl (C=O) groups excluding carboxylic acids is 4. The van der Waals surface area contributed by atoms with Gasteiger partial charge in [-0.25, -0.2) is 15.2 Å². The fourth-order valence-electron chi connectivity index (χ4n) is 9.18. The summed E-state index contributed by atoms with van der Waals surface area (Å²) in [5, 5.41) is 8.08. The second-order valence-corrected chi connectivity index (χ2v) is 18.0. The van der Waals surface area contributed by atoms with Crippen LogP contribution in [0.25, 0.3) is 33.4 Å². The van der Waals surface area contributed by atoms with Crippen molar-refractivity contribution in [2.45, 2.75) is 84.5 Å². The average molecular weight is 825 g/mol. The second kappa shape index (κ2) is 16.5.